The van der Waals surface area contributed by atoms with E-state index in [1.54, 1.807) is 4.57 Å². The highest BCUT2D eigenvalue weighted by atomic mass is 32.1. The molecule has 2 aromatic rings. The largest absolute Gasteiger partial charge is 0.467 e. The van der Waals surface area contributed by atoms with E-state index in [2.05, 4.69) is 10.1 Å². The molecule has 0 aliphatic heterocycles. The number of thiazole rings is 1. The molecule has 1 amide bonds. The summed E-state index contributed by atoms with van der Waals surface area (Å²) in [5.41, 5.74) is 2.92. The van der Waals surface area contributed by atoms with Gasteiger partial charge in [0.2, 0.25) is 5.91 Å². The number of esters is 1. The van der Waals surface area contributed by atoms with Crippen LogP contribution in [0.1, 0.15) is 5.56 Å². The molecule has 0 aliphatic carbocycles. The Labute approximate surface area is 148 Å². The average molecular weight is 366 g/mol. The highest BCUT2D eigenvalue weighted by molar-refractivity contribution is 7.73. The van der Waals surface area contributed by atoms with Crippen molar-refractivity contribution in [1.82, 2.24) is 9.88 Å². The van der Waals surface area contributed by atoms with Gasteiger partial charge in [-0.15, -0.1) is 11.3 Å². The van der Waals surface area contributed by atoms with Crippen LogP contribution in [-0.2, 0) is 20.9 Å². The quantitative estimate of drug-likeness (QED) is 0.603. The average Bonchev–Trinajstić information content (AvgIpc) is 2.93. The molecule has 0 unspecified atom stereocenters. The van der Waals surface area contributed by atoms with E-state index in [0.717, 1.165) is 16.8 Å². The maximum Gasteiger partial charge on any atom is 0.330 e. The lowest BCUT2D eigenvalue weighted by Crippen LogP contribution is -2.45. The lowest BCUT2D eigenvalue weighted by Gasteiger charge is -2.15. The van der Waals surface area contributed by atoms with E-state index in [0.29, 0.717) is 3.95 Å². The van der Waals surface area contributed by atoms with E-state index in [1.165, 1.54) is 18.4 Å². The Bertz CT molecular complexity index is 780. The number of nitrogens with one attached hydrogen (secondary N) is 1. The van der Waals surface area contributed by atoms with E-state index in [1.807, 2.05) is 36.6 Å². The van der Waals surface area contributed by atoms with Crippen LogP contribution in [0.5, 0.6) is 0 Å². The molecule has 0 spiro atoms. The van der Waals surface area contributed by atoms with Crippen molar-refractivity contribution in [2.45, 2.75) is 19.5 Å². The zero-order valence-corrected chi connectivity index (χ0v) is 14.9. The maximum absolute atomic E-state index is 12.2. The van der Waals surface area contributed by atoms with E-state index >= 15 is 0 Å². The predicted molar refractivity (Wildman–Crippen MR) is 94.3 cm³/mol. The van der Waals surface area contributed by atoms with Gasteiger partial charge in [0, 0.05) is 5.38 Å². The van der Waals surface area contributed by atoms with Crippen molar-refractivity contribution in [2.75, 3.05) is 13.7 Å². The van der Waals surface area contributed by atoms with Gasteiger partial charge in [-0.05, 0) is 24.7 Å². The number of ether oxygens (including phenoxy) is 1. The van der Waals surface area contributed by atoms with E-state index in [9.17, 15) is 14.7 Å². The molecule has 1 heterocycles. The first-order valence-corrected chi connectivity index (χ1v) is 8.48. The van der Waals surface area contributed by atoms with Crippen LogP contribution in [0, 0.1) is 10.9 Å². The summed E-state index contributed by atoms with van der Waals surface area (Å²) >= 11 is 6.66. The van der Waals surface area contributed by atoms with Gasteiger partial charge in [-0.25, -0.2) is 4.79 Å². The standard InChI is InChI=1S/C16H18N2O4S2/c1-10-3-5-11(6-4-10)13-9-24-16(23)18(13)7-14(20)17-12(8-19)15(21)22-2/h3-6,9,12,19H,7-8H2,1-2H3,(H,17,20)/t12-/m0/s1. The first-order valence-electron chi connectivity index (χ1n) is 7.19. The van der Waals surface area contributed by atoms with Crippen LogP contribution >= 0.6 is 23.6 Å². The van der Waals surface area contributed by atoms with Crippen molar-refractivity contribution < 1.29 is 19.4 Å². The van der Waals surface area contributed by atoms with Gasteiger partial charge >= 0.3 is 5.97 Å². The molecule has 2 N–H and O–H groups in total. The Hall–Kier alpha value is -2.03. The first-order chi connectivity index (χ1) is 11.5. The van der Waals surface area contributed by atoms with Crippen LogP contribution in [0.15, 0.2) is 29.6 Å². The van der Waals surface area contributed by atoms with E-state index in [4.69, 9.17) is 12.2 Å². The maximum atomic E-state index is 12.2. The van der Waals surface area contributed by atoms with Gasteiger partial charge in [-0.1, -0.05) is 29.8 Å². The number of nitrogens with zero attached hydrogens (tertiary/aromatic N) is 1. The molecule has 0 saturated carbocycles. The van der Waals surface area contributed by atoms with Crippen LogP contribution in [0.3, 0.4) is 0 Å². The first kappa shape index (κ1) is 18.3. The lowest BCUT2D eigenvalue weighted by atomic mass is 10.1. The third-order valence-electron chi connectivity index (χ3n) is 3.44. The molecule has 128 valence electrons. The smallest absolute Gasteiger partial charge is 0.330 e. The van der Waals surface area contributed by atoms with Gasteiger partial charge in [-0.2, -0.15) is 0 Å². The molecule has 2 rings (SSSR count). The summed E-state index contributed by atoms with van der Waals surface area (Å²) in [6, 6.07) is 6.81. The van der Waals surface area contributed by atoms with Crippen molar-refractivity contribution in [2.24, 2.45) is 0 Å². The number of carbonyl (C=O) groups is 2. The third kappa shape index (κ3) is 4.28. The van der Waals surface area contributed by atoms with Gasteiger partial charge in [0.25, 0.3) is 0 Å². The fourth-order valence-corrected chi connectivity index (χ4v) is 3.21. The number of hydrogen-bond donors (Lipinski definition) is 2. The molecule has 1 aromatic heterocycles. The van der Waals surface area contributed by atoms with E-state index < -0.39 is 24.5 Å². The number of benzene rings is 1. The molecule has 0 aliphatic rings. The summed E-state index contributed by atoms with van der Waals surface area (Å²) in [7, 11) is 1.20. The van der Waals surface area contributed by atoms with Crippen LogP contribution in [0.2, 0.25) is 0 Å². The van der Waals surface area contributed by atoms with Crippen LogP contribution in [0.25, 0.3) is 11.3 Å². The molecule has 0 saturated heterocycles. The molecular weight excluding hydrogens is 348 g/mol. The molecule has 24 heavy (non-hydrogen) atoms. The molecule has 8 heteroatoms. The number of aliphatic hydroxyl groups excluding tert-OH is 1. The number of hydrogen-bond acceptors (Lipinski definition) is 6. The van der Waals surface area contributed by atoms with Gasteiger partial charge in [0.1, 0.15) is 6.54 Å². The topological polar surface area (TPSA) is 80.6 Å². The number of aryl methyl sites for hydroxylation is 1. The Kier molecular flexibility index (Phi) is 6.24. The van der Waals surface area contributed by atoms with Crippen molar-refractivity contribution in [3.8, 4) is 11.3 Å². The minimum atomic E-state index is -1.09. The van der Waals surface area contributed by atoms with Gasteiger partial charge in [-0.3, -0.25) is 4.79 Å². The minimum absolute atomic E-state index is 0.0426. The monoisotopic (exact) mass is 366 g/mol. The Morgan fingerprint density at radius 2 is 2.04 bits per heavy atom. The molecule has 0 fully saturated rings. The van der Waals surface area contributed by atoms with Crippen molar-refractivity contribution in [3.05, 3.63) is 39.2 Å². The summed E-state index contributed by atoms with van der Waals surface area (Å²) in [4.78, 5) is 23.6. The third-order valence-corrected chi connectivity index (χ3v) is 4.71. The second kappa shape index (κ2) is 8.18. The van der Waals surface area contributed by atoms with Crippen molar-refractivity contribution in [3.63, 3.8) is 0 Å². The Morgan fingerprint density at radius 3 is 2.62 bits per heavy atom. The lowest BCUT2D eigenvalue weighted by molar-refractivity contribution is -0.146. The summed E-state index contributed by atoms with van der Waals surface area (Å²) in [5.74, 6) is -1.12. The van der Waals surface area contributed by atoms with Crippen LogP contribution in [0.4, 0.5) is 0 Å². The summed E-state index contributed by atoms with van der Waals surface area (Å²) < 4.78 is 6.78. The number of methoxy groups -OCH3 is 1. The number of aromatic nitrogens is 1. The van der Waals surface area contributed by atoms with Gasteiger partial charge in [0.05, 0.1) is 19.4 Å². The van der Waals surface area contributed by atoms with Crippen molar-refractivity contribution >= 4 is 35.4 Å². The second-order valence-electron chi connectivity index (χ2n) is 5.16. The van der Waals surface area contributed by atoms with Crippen molar-refractivity contribution in [1.29, 1.82) is 0 Å². The summed E-state index contributed by atoms with van der Waals surface area (Å²) in [5, 5.41) is 13.5. The molecule has 0 radical (unpaired) electrons. The van der Waals surface area contributed by atoms with Gasteiger partial charge < -0.3 is 19.7 Å². The minimum Gasteiger partial charge on any atom is -0.467 e. The van der Waals surface area contributed by atoms with Gasteiger partial charge in [0.15, 0.2) is 10.00 Å². The molecule has 1 atom stereocenters. The summed E-state index contributed by atoms with van der Waals surface area (Å²) in [6.45, 7) is 1.43. The molecule has 1 aromatic carbocycles. The highest BCUT2D eigenvalue weighted by Gasteiger charge is 2.21. The molecule has 0 bridgehead atoms. The zero-order valence-electron chi connectivity index (χ0n) is 13.3. The number of carbonyl (C=O) groups excluding carboxylic acids is 2. The number of aliphatic hydroxyl groups is 1. The fourth-order valence-electron chi connectivity index (χ4n) is 2.13. The Morgan fingerprint density at radius 1 is 1.38 bits per heavy atom. The zero-order chi connectivity index (χ0) is 17.7. The number of rotatable bonds is 6. The Balaban J connectivity index is 2.19. The highest BCUT2D eigenvalue weighted by Crippen LogP contribution is 2.24. The molecule has 6 nitrogen and oxygen atoms in total. The number of amides is 1. The van der Waals surface area contributed by atoms with Crippen LogP contribution in [-0.4, -0.2) is 41.3 Å². The second-order valence-corrected chi connectivity index (χ2v) is 6.67. The van der Waals surface area contributed by atoms with E-state index in [-0.39, 0.29) is 6.54 Å². The SMILES string of the molecule is COC(=O)[C@H](CO)NC(=O)Cn1c(-c2ccc(C)cc2)csc1=S. The summed E-state index contributed by atoms with van der Waals surface area (Å²) in [6.07, 6.45) is 0. The van der Waals surface area contributed by atoms with Crippen LogP contribution < -0.4 is 5.32 Å². The predicted octanol–water partition coefficient (Wildman–Crippen LogP) is 1.90. The fraction of sp³-hybridized carbons (Fsp3) is 0.312. The molecular formula is C16H18N2O4S2. The normalized spacial score (nSPS) is 11.8.